The molecule has 0 radical (unpaired) electrons. The van der Waals surface area contributed by atoms with Crippen molar-refractivity contribution in [1.29, 1.82) is 0 Å². The number of carbonyl (C=O) groups excluding carboxylic acids is 1. The van der Waals surface area contributed by atoms with E-state index in [-0.39, 0.29) is 11.5 Å². The van der Waals surface area contributed by atoms with Gasteiger partial charge in [0, 0.05) is 10.0 Å². The second kappa shape index (κ2) is 7.67. The van der Waals surface area contributed by atoms with E-state index in [0.29, 0.717) is 10.0 Å². The minimum Gasteiger partial charge on any atom is -0.460 e. The Bertz CT molecular complexity index is 796. The second-order valence-corrected chi connectivity index (χ2v) is 7.16. The lowest BCUT2D eigenvalue weighted by Gasteiger charge is -2.08. The number of benzene rings is 2. The monoisotopic (exact) mass is 401 g/mol. The molecule has 2 aromatic rings. The van der Waals surface area contributed by atoms with Gasteiger partial charge < -0.3 is 4.74 Å². The van der Waals surface area contributed by atoms with E-state index in [9.17, 15) is 17.6 Å². The summed E-state index contributed by atoms with van der Waals surface area (Å²) >= 11 is 3.16. The zero-order valence-electron chi connectivity index (χ0n) is 11.8. The van der Waals surface area contributed by atoms with E-state index in [4.69, 9.17) is 4.74 Å². The Morgan fingerprint density at radius 2 is 1.87 bits per heavy atom. The molecule has 0 saturated carbocycles. The summed E-state index contributed by atoms with van der Waals surface area (Å²) in [5, 5.41) is 0. The van der Waals surface area contributed by atoms with Crippen LogP contribution < -0.4 is 4.72 Å². The van der Waals surface area contributed by atoms with Gasteiger partial charge in [-0.15, -0.1) is 0 Å². The maximum atomic E-state index is 12.9. The molecule has 122 valence electrons. The Labute approximate surface area is 141 Å². The Balaban J connectivity index is 1.88. The molecule has 0 aromatic heterocycles. The van der Waals surface area contributed by atoms with Crippen molar-refractivity contribution in [3.63, 3.8) is 0 Å². The minimum atomic E-state index is -3.76. The van der Waals surface area contributed by atoms with Crippen LogP contribution in [0, 0.1) is 5.82 Å². The van der Waals surface area contributed by atoms with E-state index in [1.807, 2.05) is 0 Å². The first-order valence-electron chi connectivity index (χ1n) is 6.53. The summed E-state index contributed by atoms with van der Waals surface area (Å²) in [4.78, 5) is 11.7. The molecule has 23 heavy (non-hydrogen) atoms. The van der Waals surface area contributed by atoms with Crippen LogP contribution in [0.15, 0.2) is 57.9 Å². The van der Waals surface area contributed by atoms with Crippen molar-refractivity contribution in [2.45, 2.75) is 11.5 Å². The van der Waals surface area contributed by atoms with Crippen LogP contribution in [0.3, 0.4) is 0 Å². The van der Waals surface area contributed by atoms with Crippen molar-refractivity contribution in [2.24, 2.45) is 0 Å². The zero-order valence-corrected chi connectivity index (χ0v) is 14.2. The Kier molecular flexibility index (Phi) is 5.86. The fourth-order valence-corrected chi connectivity index (χ4v) is 3.14. The first kappa shape index (κ1) is 17.6. The maximum Gasteiger partial charge on any atom is 0.321 e. The molecule has 0 heterocycles. The fourth-order valence-electron chi connectivity index (χ4n) is 1.68. The van der Waals surface area contributed by atoms with Gasteiger partial charge >= 0.3 is 5.97 Å². The van der Waals surface area contributed by atoms with Crippen molar-refractivity contribution >= 4 is 31.9 Å². The molecule has 0 aliphatic heterocycles. The summed E-state index contributed by atoms with van der Waals surface area (Å²) in [6.45, 7) is -0.581. The molecular formula is C15H13BrFNO4S. The first-order valence-corrected chi connectivity index (χ1v) is 8.80. The Hall–Kier alpha value is -1.77. The summed E-state index contributed by atoms with van der Waals surface area (Å²) in [6, 6.07) is 11.7. The van der Waals surface area contributed by atoms with E-state index >= 15 is 0 Å². The maximum absolute atomic E-state index is 12.9. The third kappa shape index (κ3) is 5.12. The molecule has 0 bridgehead atoms. The number of sulfonamides is 1. The van der Waals surface area contributed by atoms with Gasteiger partial charge in [-0.3, -0.25) is 4.79 Å². The van der Waals surface area contributed by atoms with Gasteiger partial charge in [-0.1, -0.05) is 40.2 Å². The number of hydrogen-bond donors (Lipinski definition) is 1. The van der Waals surface area contributed by atoms with Gasteiger partial charge in [-0.05, 0) is 24.3 Å². The van der Waals surface area contributed by atoms with Crippen LogP contribution in [0.1, 0.15) is 5.56 Å². The highest BCUT2D eigenvalue weighted by Crippen LogP contribution is 2.18. The van der Waals surface area contributed by atoms with Crippen LogP contribution in [0.4, 0.5) is 4.39 Å². The molecule has 2 aromatic carbocycles. The van der Waals surface area contributed by atoms with Crippen LogP contribution in [-0.4, -0.2) is 20.9 Å². The molecule has 8 heteroatoms. The predicted molar refractivity (Wildman–Crippen MR) is 85.5 cm³/mol. The fraction of sp³-hybridized carbons (Fsp3) is 0.133. The average Bonchev–Trinajstić information content (AvgIpc) is 2.53. The van der Waals surface area contributed by atoms with Crippen LogP contribution in [0.2, 0.25) is 0 Å². The summed E-state index contributed by atoms with van der Waals surface area (Å²) < 4.78 is 44.4. The Morgan fingerprint density at radius 1 is 1.17 bits per heavy atom. The molecule has 0 unspecified atom stereocenters. The largest absolute Gasteiger partial charge is 0.460 e. The summed E-state index contributed by atoms with van der Waals surface area (Å²) in [7, 11) is -3.76. The van der Waals surface area contributed by atoms with Crippen LogP contribution in [0.25, 0.3) is 0 Å². The van der Waals surface area contributed by atoms with Gasteiger partial charge in [-0.25, -0.2) is 12.8 Å². The highest BCUT2D eigenvalue weighted by Gasteiger charge is 2.15. The second-order valence-electron chi connectivity index (χ2n) is 4.53. The standard InChI is InChI=1S/C15H13BrFNO4S/c16-14-8-12(17)7-6-11(14)10-22-15(19)9-18-23(20,21)13-4-2-1-3-5-13/h1-8,18H,9-10H2. The summed E-state index contributed by atoms with van der Waals surface area (Å²) in [5.74, 6) is -1.15. The van der Waals surface area contributed by atoms with E-state index in [1.165, 1.54) is 30.3 Å². The molecule has 0 spiro atoms. The first-order chi connectivity index (χ1) is 10.9. The van der Waals surface area contributed by atoms with Crippen molar-refractivity contribution in [1.82, 2.24) is 4.72 Å². The van der Waals surface area contributed by atoms with Crippen molar-refractivity contribution in [2.75, 3.05) is 6.54 Å². The Morgan fingerprint density at radius 3 is 2.52 bits per heavy atom. The minimum absolute atomic E-state index is 0.0640. The lowest BCUT2D eigenvalue weighted by molar-refractivity contribution is -0.143. The molecule has 1 N–H and O–H groups in total. The predicted octanol–water partition coefficient (Wildman–Crippen LogP) is 2.61. The number of esters is 1. The normalized spacial score (nSPS) is 11.2. The third-order valence-corrected chi connectivity index (χ3v) is 5.02. The molecule has 0 aliphatic carbocycles. The highest BCUT2D eigenvalue weighted by molar-refractivity contribution is 9.10. The molecule has 0 fully saturated rings. The number of nitrogens with one attached hydrogen (secondary N) is 1. The molecule has 5 nitrogen and oxygen atoms in total. The quantitative estimate of drug-likeness (QED) is 0.755. The molecule has 0 saturated heterocycles. The summed E-state index contributed by atoms with van der Waals surface area (Å²) in [5.41, 5.74) is 0.575. The highest BCUT2D eigenvalue weighted by atomic mass is 79.9. The van der Waals surface area contributed by atoms with E-state index in [1.54, 1.807) is 18.2 Å². The van der Waals surface area contributed by atoms with Crippen LogP contribution in [0.5, 0.6) is 0 Å². The SMILES string of the molecule is O=C(CNS(=O)(=O)c1ccccc1)OCc1ccc(F)cc1Br. The molecule has 0 atom stereocenters. The van der Waals surface area contributed by atoms with Gasteiger partial charge in [-0.2, -0.15) is 4.72 Å². The van der Waals surface area contributed by atoms with Crippen LogP contribution >= 0.6 is 15.9 Å². The molecule has 0 aliphatic rings. The molecule has 0 amide bonds. The van der Waals surface area contributed by atoms with Crippen molar-refractivity contribution in [3.05, 3.63) is 64.4 Å². The van der Waals surface area contributed by atoms with E-state index in [2.05, 4.69) is 20.7 Å². The van der Waals surface area contributed by atoms with Crippen LogP contribution in [-0.2, 0) is 26.2 Å². The van der Waals surface area contributed by atoms with Gasteiger partial charge in [0.15, 0.2) is 0 Å². The smallest absolute Gasteiger partial charge is 0.321 e. The van der Waals surface area contributed by atoms with Gasteiger partial charge in [0.2, 0.25) is 10.0 Å². The lowest BCUT2D eigenvalue weighted by Crippen LogP contribution is -2.30. The molecular weight excluding hydrogens is 389 g/mol. The van der Waals surface area contributed by atoms with E-state index in [0.717, 1.165) is 0 Å². The number of hydrogen-bond acceptors (Lipinski definition) is 4. The topological polar surface area (TPSA) is 72.5 Å². The van der Waals surface area contributed by atoms with Gasteiger partial charge in [0.25, 0.3) is 0 Å². The average molecular weight is 402 g/mol. The van der Waals surface area contributed by atoms with Gasteiger partial charge in [0.05, 0.1) is 4.90 Å². The summed E-state index contributed by atoms with van der Waals surface area (Å²) in [6.07, 6.45) is 0. The third-order valence-electron chi connectivity index (χ3n) is 2.86. The number of carbonyl (C=O) groups is 1. The van der Waals surface area contributed by atoms with Gasteiger partial charge in [0.1, 0.15) is 19.0 Å². The molecule has 2 rings (SSSR count). The van der Waals surface area contributed by atoms with Crippen molar-refractivity contribution < 1.29 is 22.3 Å². The lowest BCUT2D eigenvalue weighted by atomic mass is 10.2. The number of ether oxygens (including phenoxy) is 1. The zero-order chi connectivity index (χ0) is 16.9. The number of rotatable bonds is 6. The van der Waals surface area contributed by atoms with E-state index < -0.39 is 28.4 Å². The number of halogens is 2. The van der Waals surface area contributed by atoms with Crippen molar-refractivity contribution in [3.8, 4) is 0 Å².